The van der Waals surface area contributed by atoms with Crippen LogP contribution in [0.1, 0.15) is 16.8 Å². The van der Waals surface area contributed by atoms with Crippen LogP contribution in [-0.2, 0) is 37.1 Å². The molecule has 0 amide bonds. The molecule has 3 aromatic rings. The van der Waals surface area contributed by atoms with Gasteiger partial charge in [-0.05, 0) is 31.0 Å². The minimum Gasteiger partial charge on any atom is -0.493 e. The Bertz CT molecular complexity index is 1120. The Hall–Kier alpha value is -2.85. The van der Waals surface area contributed by atoms with Gasteiger partial charge in [-0.3, -0.25) is 9.36 Å². The molecule has 9 nitrogen and oxygen atoms in total. The first-order valence-electron chi connectivity index (χ1n) is 9.43. The summed E-state index contributed by atoms with van der Waals surface area (Å²) < 4.78 is 42.1. The number of aryl methyl sites for hydroxylation is 3. The predicted octanol–water partition coefficient (Wildman–Crippen LogP) is 1.91. The second-order valence-electron chi connectivity index (χ2n) is 7.05. The van der Waals surface area contributed by atoms with E-state index < -0.39 is 10.0 Å². The Morgan fingerprint density at radius 3 is 2.33 bits per heavy atom. The number of hydrogen-bond acceptors (Lipinski definition) is 6. The van der Waals surface area contributed by atoms with Crippen molar-refractivity contribution in [2.75, 3.05) is 20.8 Å². The molecule has 0 N–H and O–H groups in total. The van der Waals surface area contributed by atoms with Crippen molar-refractivity contribution in [3.8, 4) is 11.5 Å². The van der Waals surface area contributed by atoms with Gasteiger partial charge in [0.2, 0.25) is 10.0 Å². The van der Waals surface area contributed by atoms with Gasteiger partial charge in [0.15, 0.2) is 11.5 Å². The Balaban J connectivity index is 1.89. The van der Waals surface area contributed by atoms with E-state index in [1.54, 1.807) is 46.1 Å². The van der Waals surface area contributed by atoms with Crippen molar-refractivity contribution in [2.45, 2.75) is 24.8 Å². The third kappa shape index (κ3) is 4.65. The van der Waals surface area contributed by atoms with Crippen LogP contribution >= 0.6 is 0 Å². The van der Waals surface area contributed by atoms with Crippen LogP contribution in [0.25, 0.3) is 0 Å². The second-order valence-corrected chi connectivity index (χ2v) is 8.96. The van der Waals surface area contributed by atoms with Crippen LogP contribution in [0.15, 0.2) is 41.7 Å². The maximum absolute atomic E-state index is 13.4. The summed E-state index contributed by atoms with van der Waals surface area (Å²) in [6.07, 6.45) is 5.54. The quantitative estimate of drug-likeness (QED) is 0.512. The molecule has 2 heterocycles. The summed E-state index contributed by atoms with van der Waals surface area (Å²) in [5, 5.41) is 8.35. The lowest BCUT2D eigenvalue weighted by atomic mass is 10.1. The smallest absolute Gasteiger partial charge is 0.246 e. The van der Waals surface area contributed by atoms with E-state index in [0.29, 0.717) is 30.2 Å². The average Bonchev–Trinajstić information content (AvgIpc) is 3.28. The second kappa shape index (κ2) is 8.88. The zero-order valence-electron chi connectivity index (χ0n) is 17.9. The summed E-state index contributed by atoms with van der Waals surface area (Å²) >= 11 is 0. The van der Waals surface area contributed by atoms with E-state index in [1.165, 1.54) is 15.2 Å². The van der Waals surface area contributed by atoms with Crippen molar-refractivity contribution in [3.63, 3.8) is 0 Å². The number of rotatable bonds is 9. The first kappa shape index (κ1) is 21.8. The van der Waals surface area contributed by atoms with E-state index in [-0.39, 0.29) is 11.4 Å². The molecule has 0 aliphatic rings. The van der Waals surface area contributed by atoms with Crippen molar-refractivity contribution in [2.24, 2.45) is 14.1 Å². The average molecular weight is 434 g/mol. The molecule has 2 aromatic heterocycles. The molecule has 1 aromatic carbocycles. The van der Waals surface area contributed by atoms with Crippen LogP contribution in [0.2, 0.25) is 0 Å². The van der Waals surface area contributed by atoms with Crippen LogP contribution in [0.3, 0.4) is 0 Å². The number of aromatic nitrogens is 4. The Morgan fingerprint density at radius 1 is 1.03 bits per heavy atom. The molecule has 162 valence electrons. The van der Waals surface area contributed by atoms with Gasteiger partial charge in [0.05, 0.1) is 26.1 Å². The van der Waals surface area contributed by atoms with Gasteiger partial charge in [-0.25, -0.2) is 8.42 Å². The van der Waals surface area contributed by atoms with Gasteiger partial charge in [0.1, 0.15) is 4.90 Å². The van der Waals surface area contributed by atoms with Crippen LogP contribution in [0.4, 0.5) is 0 Å². The SMILES string of the molecule is COc1ccc(CCN(Cc2cnn(C)c2)S(=O)(=O)c2cn(C)nc2C)cc1OC. The van der Waals surface area contributed by atoms with Crippen molar-refractivity contribution in [3.05, 3.63) is 53.6 Å². The summed E-state index contributed by atoms with van der Waals surface area (Å²) in [5.41, 5.74) is 2.23. The number of benzene rings is 1. The van der Waals surface area contributed by atoms with Gasteiger partial charge in [-0.2, -0.15) is 14.5 Å². The largest absolute Gasteiger partial charge is 0.493 e. The lowest BCUT2D eigenvalue weighted by Crippen LogP contribution is -2.32. The number of ether oxygens (including phenoxy) is 2. The summed E-state index contributed by atoms with van der Waals surface area (Å²) in [6.45, 7) is 2.21. The van der Waals surface area contributed by atoms with Crippen molar-refractivity contribution in [1.29, 1.82) is 0 Å². The molecule has 0 fully saturated rings. The molecule has 30 heavy (non-hydrogen) atoms. The molecule has 0 radical (unpaired) electrons. The highest BCUT2D eigenvalue weighted by molar-refractivity contribution is 7.89. The fourth-order valence-corrected chi connectivity index (χ4v) is 4.93. The van der Waals surface area contributed by atoms with Crippen molar-refractivity contribution >= 4 is 10.0 Å². The molecular formula is C20H27N5O4S. The molecule has 10 heteroatoms. The molecule has 3 rings (SSSR count). The molecule has 0 aliphatic heterocycles. The minimum atomic E-state index is -3.74. The highest BCUT2D eigenvalue weighted by Gasteiger charge is 2.28. The number of hydrogen-bond donors (Lipinski definition) is 0. The molecule has 0 bridgehead atoms. The van der Waals surface area contributed by atoms with Gasteiger partial charge >= 0.3 is 0 Å². The molecular weight excluding hydrogens is 406 g/mol. The summed E-state index contributed by atoms with van der Waals surface area (Å²) in [6, 6.07) is 5.59. The lowest BCUT2D eigenvalue weighted by Gasteiger charge is -2.21. The van der Waals surface area contributed by atoms with Crippen molar-refractivity contribution < 1.29 is 17.9 Å². The number of methoxy groups -OCH3 is 2. The van der Waals surface area contributed by atoms with Gasteiger partial charge in [-0.15, -0.1) is 0 Å². The summed E-state index contributed by atoms with van der Waals surface area (Å²) in [5.74, 6) is 1.24. The molecule has 0 saturated heterocycles. The zero-order valence-corrected chi connectivity index (χ0v) is 18.7. The lowest BCUT2D eigenvalue weighted by molar-refractivity contribution is 0.354. The standard InChI is InChI=1S/C20H27N5O4S/c1-15-20(14-24(3)22-15)30(26,27)25(13-17-11-21-23(2)12-17)9-8-16-6-7-18(28-4)19(10-16)29-5/h6-7,10-12,14H,8-9,13H2,1-5H3. The normalized spacial score (nSPS) is 11.8. The Kier molecular flexibility index (Phi) is 6.47. The third-order valence-electron chi connectivity index (χ3n) is 4.80. The highest BCUT2D eigenvalue weighted by atomic mass is 32.2. The fourth-order valence-electron chi connectivity index (χ4n) is 3.30. The molecule has 0 saturated carbocycles. The maximum atomic E-state index is 13.4. The molecule has 0 aliphatic carbocycles. The van der Waals surface area contributed by atoms with E-state index in [4.69, 9.17) is 9.47 Å². The van der Waals surface area contributed by atoms with Gasteiger partial charge in [0, 0.05) is 45.1 Å². The van der Waals surface area contributed by atoms with Gasteiger partial charge < -0.3 is 9.47 Å². The maximum Gasteiger partial charge on any atom is 0.246 e. The van der Waals surface area contributed by atoms with Crippen LogP contribution in [-0.4, -0.2) is 53.0 Å². The van der Waals surface area contributed by atoms with E-state index in [0.717, 1.165) is 11.1 Å². The number of sulfonamides is 1. The first-order valence-corrected chi connectivity index (χ1v) is 10.9. The van der Waals surface area contributed by atoms with E-state index >= 15 is 0 Å². The minimum absolute atomic E-state index is 0.209. The highest BCUT2D eigenvalue weighted by Crippen LogP contribution is 2.28. The van der Waals surface area contributed by atoms with E-state index in [9.17, 15) is 8.42 Å². The van der Waals surface area contributed by atoms with E-state index in [2.05, 4.69) is 10.2 Å². The van der Waals surface area contributed by atoms with E-state index in [1.807, 2.05) is 24.4 Å². The molecule has 0 atom stereocenters. The number of nitrogens with zero attached hydrogens (tertiary/aromatic N) is 5. The Labute approximate surface area is 176 Å². The monoisotopic (exact) mass is 433 g/mol. The molecule has 0 spiro atoms. The summed E-state index contributed by atoms with van der Waals surface area (Å²) in [7, 11) is 2.93. The Morgan fingerprint density at radius 2 is 1.77 bits per heavy atom. The zero-order chi connectivity index (χ0) is 21.9. The van der Waals surface area contributed by atoms with Crippen LogP contribution in [0, 0.1) is 6.92 Å². The van der Waals surface area contributed by atoms with Gasteiger partial charge in [-0.1, -0.05) is 6.07 Å². The predicted molar refractivity (Wildman–Crippen MR) is 112 cm³/mol. The third-order valence-corrected chi connectivity index (χ3v) is 6.75. The van der Waals surface area contributed by atoms with Gasteiger partial charge in [0.25, 0.3) is 0 Å². The molecule has 0 unspecified atom stereocenters. The fraction of sp³-hybridized carbons (Fsp3) is 0.400. The van der Waals surface area contributed by atoms with Crippen LogP contribution < -0.4 is 9.47 Å². The van der Waals surface area contributed by atoms with Crippen LogP contribution in [0.5, 0.6) is 11.5 Å². The summed E-state index contributed by atoms with van der Waals surface area (Å²) in [4.78, 5) is 0.209. The topological polar surface area (TPSA) is 91.5 Å². The van der Waals surface area contributed by atoms with Crippen molar-refractivity contribution in [1.82, 2.24) is 23.9 Å². The first-order chi connectivity index (χ1) is 14.2.